The summed E-state index contributed by atoms with van der Waals surface area (Å²) in [6.45, 7) is 3.87. The van der Waals surface area contributed by atoms with E-state index in [1.807, 2.05) is 24.3 Å². The lowest BCUT2D eigenvalue weighted by Crippen LogP contribution is -2.10. The molecule has 1 atom stereocenters. The van der Waals surface area contributed by atoms with Crippen molar-refractivity contribution in [3.05, 3.63) is 34.9 Å². The van der Waals surface area contributed by atoms with Crippen molar-refractivity contribution in [2.24, 2.45) is 0 Å². The molecule has 0 radical (unpaired) electrons. The summed E-state index contributed by atoms with van der Waals surface area (Å²) in [5.74, 6) is -0.159. The predicted molar refractivity (Wildman–Crippen MR) is 65.5 cm³/mol. The van der Waals surface area contributed by atoms with E-state index < -0.39 is 0 Å². The maximum Gasteiger partial charge on any atom is 0.306 e. The van der Waals surface area contributed by atoms with Gasteiger partial charge in [-0.3, -0.25) is 4.79 Å². The Kier molecular flexibility index (Phi) is 5.33. The van der Waals surface area contributed by atoms with Crippen LogP contribution < -0.4 is 0 Å². The number of ether oxygens (including phenoxy) is 1. The van der Waals surface area contributed by atoms with Crippen molar-refractivity contribution < 1.29 is 9.53 Å². The van der Waals surface area contributed by atoms with Gasteiger partial charge in [-0.15, -0.1) is 0 Å². The monoisotopic (exact) mass is 240 g/mol. The zero-order valence-corrected chi connectivity index (χ0v) is 10.5. The van der Waals surface area contributed by atoms with Crippen LogP contribution in [0.2, 0.25) is 5.02 Å². The molecule has 0 heterocycles. The minimum atomic E-state index is -0.159. The Hall–Kier alpha value is -1.02. The summed E-state index contributed by atoms with van der Waals surface area (Å²) < 4.78 is 5.38. The summed E-state index contributed by atoms with van der Waals surface area (Å²) in [4.78, 5) is 11.3. The normalized spacial score (nSPS) is 12.2. The fourth-order valence-electron chi connectivity index (χ4n) is 1.48. The Balaban J connectivity index is 2.76. The summed E-state index contributed by atoms with van der Waals surface area (Å²) >= 11 is 5.82. The largest absolute Gasteiger partial charge is 0.457 e. The van der Waals surface area contributed by atoms with Crippen LogP contribution in [-0.2, 0) is 9.53 Å². The molecule has 2 nitrogen and oxygen atoms in total. The van der Waals surface area contributed by atoms with Crippen molar-refractivity contribution in [3.8, 4) is 0 Å². The highest BCUT2D eigenvalue weighted by Gasteiger charge is 2.14. The van der Waals surface area contributed by atoms with Crippen molar-refractivity contribution in [1.29, 1.82) is 0 Å². The SMILES string of the molecule is CCC[C@H](OC(=O)CC)c1ccc(Cl)cc1. The van der Waals surface area contributed by atoms with E-state index in [2.05, 4.69) is 6.92 Å². The Labute approximate surface area is 102 Å². The van der Waals surface area contributed by atoms with Crippen LogP contribution in [0.3, 0.4) is 0 Å². The Morgan fingerprint density at radius 3 is 2.44 bits per heavy atom. The molecule has 3 heteroatoms. The average molecular weight is 241 g/mol. The number of hydrogen-bond donors (Lipinski definition) is 0. The zero-order valence-electron chi connectivity index (χ0n) is 9.70. The first-order valence-corrected chi connectivity index (χ1v) is 6.00. The first kappa shape index (κ1) is 13.0. The first-order valence-electron chi connectivity index (χ1n) is 5.62. The molecule has 0 aromatic heterocycles. The van der Waals surface area contributed by atoms with Gasteiger partial charge in [-0.1, -0.05) is 44.0 Å². The molecule has 0 bridgehead atoms. The lowest BCUT2D eigenvalue weighted by Gasteiger charge is -2.17. The number of hydrogen-bond acceptors (Lipinski definition) is 2. The van der Waals surface area contributed by atoms with Crippen molar-refractivity contribution in [1.82, 2.24) is 0 Å². The quantitative estimate of drug-likeness (QED) is 0.724. The Bertz CT molecular complexity index is 332. The second-order valence-electron chi connectivity index (χ2n) is 3.67. The summed E-state index contributed by atoms with van der Waals surface area (Å²) in [7, 11) is 0. The van der Waals surface area contributed by atoms with E-state index in [9.17, 15) is 4.79 Å². The second kappa shape index (κ2) is 6.54. The number of halogens is 1. The molecule has 1 rings (SSSR count). The smallest absolute Gasteiger partial charge is 0.306 e. The Morgan fingerprint density at radius 2 is 1.94 bits per heavy atom. The van der Waals surface area contributed by atoms with Crippen molar-refractivity contribution >= 4 is 17.6 Å². The van der Waals surface area contributed by atoms with E-state index in [1.54, 1.807) is 6.92 Å². The van der Waals surface area contributed by atoms with Gasteiger partial charge in [0.05, 0.1) is 0 Å². The summed E-state index contributed by atoms with van der Waals surface area (Å²) in [5, 5.41) is 0.695. The third kappa shape index (κ3) is 3.86. The standard InChI is InChI=1S/C13H17ClO2/c1-3-5-12(16-13(15)4-2)10-6-8-11(14)9-7-10/h6-9,12H,3-5H2,1-2H3/t12-/m0/s1. The van der Waals surface area contributed by atoms with Crippen LogP contribution in [0.15, 0.2) is 24.3 Å². The molecule has 1 aromatic carbocycles. The van der Waals surface area contributed by atoms with Crippen LogP contribution in [0.25, 0.3) is 0 Å². The number of carbonyl (C=O) groups excluding carboxylic acids is 1. The molecule has 0 saturated carbocycles. The van der Waals surface area contributed by atoms with Gasteiger partial charge < -0.3 is 4.74 Å². The van der Waals surface area contributed by atoms with Gasteiger partial charge in [0.1, 0.15) is 6.10 Å². The third-order valence-corrected chi connectivity index (χ3v) is 2.61. The van der Waals surface area contributed by atoms with Crippen molar-refractivity contribution in [2.75, 3.05) is 0 Å². The van der Waals surface area contributed by atoms with Crippen LogP contribution in [0.1, 0.15) is 44.8 Å². The van der Waals surface area contributed by atoms with Gasteiger partial charge in [0, 0.05) is 11.4 Å². The van der Waals surface area contributed by atoms with E-state index in [4.69, 9.17) is 16.3 Å². The van der Waals surface area contributed by atoms with Gasteiger partial charge in [0.25, 0.3) is 0 Å². The average Bonchev–Trinajstić information content (AvgIpc) is 2.29. The van der Waals surface area contributed by atoms with Crippen molar-refractivity contribution in [3.63, 3.8) is 0 Å². The fourth-order valence-corrected chi connectivity index (χ4v) is 1.60. The van der Waals surface area contributed by atoms with E-state index in [-0.39, 0.29) is 12.1 Å². The molecular weight excluding hydrogens is 224 g/mol. The minimum Gasteiger partial charge on any atom is -0.457 e. The third-order valence-electron chi connectivity index (χ3n) is 2.36. The molecule has 0 unspecified atom stereocenters. The highest BCUT2D eigenvalue weighted by atomic mass is 35.5. The molecule has 16 heavy (non-hydrogen) atoms. The first-order chi connectivity index (χ1) is 7.67. The van der Waals surface area contributed by atoms with Gasteiger partial charge in [0.2, 0.25) is 0 Å². The van der Waals surface area contributed by atoms with Gasteiger partial charge in [-0.05, 0) is 24.1 Å². The van der Waals surface area contributed by atoms with Crippen LogP contribution in [-0.4, -0.2) is 5.97 Å². The van der Waals surface area contributed by atoms with Crippen LogP contribution >= 0.6 is 11.6 Å². The van der Waals surface area contributed by atoms with Crippen LogP contribution in [0, 0.1) is 0 Å². The summed E-state index contributed by atoms with van der Waals surface area (Å²) in [5.41, 5.74) is 1.01. The molecule has 0 aliphatic rings. The minimum absolute atomic E-state index is 0.144. The van der Waals surface area contributed by atoms with Crippen LogP contribution in [0.4, 0.5) is 0 Å². The number of benzene rings is 1. The van der Waals surface area contributed by atoms with E-state index in [1.165, 1.54) is 0 Å². The van der Waals surface area contributed by atoms with E-state index >= 15 is 0 Å². The topological polar surface area (TPSA) is 26.3 Å². The maximum atomic E-state index is 11.3. The molecular formula is C13H17ClO2. The molecule has 0 aliphatic heterocycles. The molecule has 0 aliphatic carbocycles. The molecule has 0 spiro atoms. The van der Waals surface area contributed by atoms with E-state index in [0.717, 1.165) is 18.4 Å². The van der Waals surface area contributed by atoms with Gasteiger partial charge in [0.15, 0.2) is 0 Å². The van der Waals surface area contributed by atoms with E-state index in [0.29, 0.717) is 11.4 Å². The number of rotatable bonds is 5. The predicted octanol–water partition coefficient (Wildman–Crippen LogP) is 4.13. The lowest BCUT2D eigenvalue weighted by atomic mass is 10.1. The molecule has 0 N–H and O–H groups in total. The zero-order chi connectivity index (χ0) is 12.0. The summed E-state index contributed by atoms with van der Waals surface area (Å²) in [6.07, 6.45) is 2.08. The van der Waals surface area contributed by atoms with Gasteiger partial charge in [-0.2, -0.15) is 0 Å². The molecule has 0 amide bonds. The lowest BCUT2D eigenvalue weighted by molar-refractivity contribution is -0.149. The number of esters is 1. The molecule has 88 valence electrons. The Morgan fingerprint density at radius 1 is 1.31 bits per heavy atom. The highest BCUT2D eigenvalue weighted by Crippen LogP contribution is 2.24. The van der Waals surface area contributed by atoms with Crippen LogP contribution in [0.5, 0.6) is 0 Å². The van der Waals surface area contributed by atoms with Gasteiger partial charge in [-0.25, -0.2) is 0 Å². The highest BCUT2D eigenvalue weighted by molar-refractivity contribution is 6.30. The maximum absolute atomic E-state index is 11.3. The molecule has 0 saturated heterocycles. The van der Waals surface area contributed by atoms with Crippen molar-refractivity contribution in [2.45, 2.75) is 39.2 Å². The molecule has 1 aromatic rings. The molecule has 0 fully saturated rings. The van der Waals surface area contributed by atoms with Gasteiger partial charge >= 0.3 is 5.97 Å². The number of carbonyl (C=O) groups is 1. The second-order valence-corrected chi connectivity index (χ2v) is 4.11. The summed E-state index contributed by atoms with van der Waals surface area (Å²) in [6, 6.07) is 7.45. The fraction of sp³-hybridized carbons (Fsp3) is 0.462.